The van der Waals surface area contributed by atoms with Crippen LogP contribution in [0, 0.1) is 0 Å². The number of rotatable bonds is 2. The molecular weight excluding hydrogens is 348 g/mol. The van der Waals surface area contributed by atoms with Crippen molar-refractivity contribution in [1.29, 1.82) is 0 Å². The molecule has 0 saturated carbocycles. The second-order valence-electron chi connectivity index (χ2n) is 7.15. The maximum atomic E-state index is 12.8. The topological polar surface area (TPSA) is 57.9 Å². The van der Waals surface area contributed by atoms with Crippen molar-refractivity contribution in [3.63, 3.8) is 0 Å². The van der Waals surface area contributed by atoms with Gasteiger partial charge < -0.3 is 14.7 Å². The predicted molar refractivity (Wildman–Crippen MR) is 110 cm³/mol. The molecule has 3 heterocycles. The van der Waals surface area contributed by atoms with Gasteiger partial charge in [0, 0.05) is 38.9 Å². The molecule has 3 aromatic carbocycles. The van der Waals surface area contributed by atoms with Crippen LogP contribution >= 0.6 is 0 Å². The molecule has 4 nitrogen and oxygen atoms in total. The number of hydrogen-bond acceptors (Lipinski definition) is 2. The van der Waals surface area contributed by atoms with Crippen molar-refractivity contribution in [2.24, 2.45) is 0 Å². The van der Waals surface area contributed by atoms with E-state index < -0.39 is 5.92 Å². The number of nitrogens with one attached hydrogen (secondary N) is 2. The number of ether oxygens (including phenoxy) is 1. The molecule has 134 valence electrons. The molecule has 0 fully saturated rings. The molecule has 0 amide bonds. The van der Waals surface area contributed by atoms with Gasteiger partial charge in [-0.2, -0.15) is 0 Å². The van der Waals surface area contributed by atoms with Gasteiger partial charge in [-0.05, 0) is 35.7 Å². The highest BCUT2D eigenvalue weighted by atomic mass is 16.5. The molecule has 5 aromatic rings. The van der Waals surface area contributed by atoms with Gasteiger partial charge in [-0.25, -0.2) is 0 Å². The summed E-state index contributed by atoms with van der Waals surface area (Å²) in [7, 11) is 0. The van der Waals surface area contributed by atoms with Crippen LogP contribution in [0.3, 0.4) is 0 Å². The second-order valence-corrected chi connectivity index (χ2v) is 7.15. The standard InChI is InChI=1S/C24H16N2O2/c27-24-23(20-13-15-7-2-4-10-18(15)26-20)22-16(8-5-11-21(22)28-24)19-12-14-6-1-3-9-17(14)25-19/h1-13,23,25-26H. The lowest BCUT2D eigenvalue weighted by Crippen LogP contribution is -2.12. The van der Waals surface area contributed by atoms with E-state index in [0.29, 0.717) is 5.75 Å². The van der Waals surface area contributed by atoms with Crippen LogP contribution in [0.25, 0.3) is 33.1 Å². The number of H-pyrrole nitrogens is 2. The van der Waals surface area contributed by atoms with Gasteiger partial charge in [0.2, 0.25) is 0 Å². The molecule has 0 aliphatic carbocycles. The number of aromatic nitrogens is 2. The summed E-state index contributed by atoms with van der Waals surface area (Å²) in [6.07, 6.45) is 0. The highest BCUT2D eigenvalue weighted by Crippen LogP contribution is 2.45. The number of carbonyl (C=O) groups is 1. The molecule has 2 N–H and O–H groups in total. The van der Waals surface area contributed by atoms with Crippen LogP contribution in [-0.4, -0.2) is 15.9 Å². The van der Waals surface area contributed by atoms with Gasteiger partial charge in [0.25, 0.3) is 0 Å². The van der Waals surface area contributed by atoms with Gasteiger partial charge in [-0.3, -0.25) is 4.79 Å². The lowest BCUT2D eigenvalue weighted by atomic mass is 9.91. The highest BCUT2D eigenvalue weighted by molar-refractivity contribution is 5.96. The molecule has 0 spiro atoms. The quantitative estimate of drug-likeness (QED) is 0.327. The third kappa shape index (κ3) is 2.15. The summed E-state index contributed by atoms with van der Waals surface area (Å²) in [5.74, 6) is -0.0834. The third-order valence-corrected chi connectivity index (χ3v) is 5.48. The maximum absolute atomic E-state index is 12.8. The zero-order valence-electron chi connectivity index (χ0n) is 14.9. The van der Waals surface area contributed by atoms with Crippen LogP contribution in [0.5, 0.6) is 5.75 Å². The van der Waals surface area contributed by atoms with Crippen molar-refractivity contribution < 1.29 is 9.53 Å². The van der Waals surface area contributed by atoms with Crippen molar-refractivity contribution >= 4 is 27.8 Å². The van der Waals surface area contributed by atoms with Gasteiger partial charge in [0.15, 0.2) is 0 Å². The zero-order valence-corrected chi connectivity index (χ0v) is 14.9. The highest BCUT2D eigenvalue weighted by Gasteiger charge is 2.38. The molecule has 1 aliphatic heterocycles. The van der Waals surface area contributed by atoms with Gasteiger partial charge in [0.1, 0.15) is 11.7 Å². The molecule has 0 saturated heterocycles. The lowest BCUT2D eigenvalue weighted by Gasteiger charge is -2.10. The summed E-state index contributed by atoms with van der Waals surface area (Å²) in [5, 5.41) is 2.23. The van der Waals surface area contributed by atoms with Crippen LogP contribution in [0.1, 0.15) is 17.2 Å². The largest absolute Gasteiger partial charge is 0.425 e. The van der Waals surface area contributed by atoms with Crippen molar-refractivity contribution in [1.82, 2.24) is 9.97 Å². The average Bonchev–Trinajstić information content (AvgIpc) is 3.40. The van der Waals surface area contributed by atoms with E-state index in [4.69, 9.17) is 4.74 Å². The Morgan fingerprint density at radius 1 is 0.750 bits per heavy atom. The molecule has 0 bridgehead atoms. The van der Waals surface area contributed by atoms with E-state index in [-0.39, 0.29) is 5.97 Å². The van der Waals surface area contributed by atoms with E-state index in [1.807, 2.05) is 60.7 Å². The van der Waals surface area contributed by atoms with Gasteiger partial charge in [0.05, 0.1) is 0 Å². The van der Waals surface area contributed by atoms with Gasteiger partial charge in [-0.1, -0.05) is 48.5 Å². The molecule has 28 heavy (non-hydrogen) atoms. The first-order chi connectivity index (χ1) is 13.8. The fourth-order valence-corrected chi connectivity index (χ4v) is 4.20. The van der Waals surface area contributed by atoms with E-state index in [0.717, 1.165) is 44.3 Å². The Labute approximate surface area is 160 Å². The number of benzene rings is 3. The van der Waals surface area contributed by atoms with Crippen molar-refractivity contribution in [2.45, 2.75) is 5.92 Å². The first kappa shape index (κ1) is 15.3. The summed E-state index contributed by atoms with van der Waals surface area (Å²) in [5.41, 5.74) is 5.82. The number of esters is 1. The number of carbonyl (C=O) groups excluding carboxylic acids is 1. The maximum Gasteiger partial charge on any atom is 0.325 e. The van der Waals surface area contributed by atoms with E-state index >= 15 is 0 Å². The fraction of sp³-hybridized carbons (Fsp3) is 0.0417. The third-order valence-electron chi connectivity index (χ3n) is 5.48. The second kappa shape index (κ2) is 5.60. The zero-order chi connectivity index (χ0) is 18.7. The minimum absolute atomic E-state index is 0.245. The number of hydrogen-bond donors (Lipinski definition) is 2. The van der Waals surface area contributed by atoms with E-state index in [1.165, 1.54) is 0 Å². The van der Waals surface area contributed by atoms with E-state index in [9.17, 15) is 4.79 Å². The molecule has 2 aromatic heterocycles. The molecule has 1 unspecified atom stereocenters. The Kier molecular flexibility index (Phi) is 3.06. The molecule has 6 rings (SSSR count). The first-order valence-electron chi connectivity index (χ1n) is 9.28. The Hall–Kier alpha value is -3.79. The van der Waals surface area contributed by atoms with Gasteiger partial charge in [-0.15, -0.1) is 0 Å². The molecule has 1 atom stereocenters. The van der Waals surface area contributed by atoms with Gasteiger partial charge >= 0.3 is 5.97 Å². The molecule has 1 aliphatic rings. The van der Waals surface area contributed by atoms with Crippen LogP contribution in [0.4, 0.5) is 0 Å². The van der Waals surface area contributed by atoms with E-state index in [2.05, 4.69) is 28.2 Å². The van der Waals surface area contributed by atoms with Crippen LogP contribution in [0.15, 0.2) is 78.9 Å². The molecule has 4 heteroatoms. The summed E-state index contributed by atoms with van der Waals surface area (Å²) in [6.45, 7) is 0. The summed E-state index contributed by atoms with van der Waals surface area (Å²) >= 11 is 0. The number of para-hydroxylation sites is 2. The van der Waals surface area contributed by atoms with Crippen LogP contribution < -0.4 is 4.74 Å². The monoisotopic (exact) mass is 364 g/mol. The Morgan fingerprint density at radius 2 is 1.46 bits per heavy atom. The SMILES string of the molecule is O=C1Oc2cccc(-c3cc4ccccc4[nH]3)c2C1c1cc2ccccc2[nH]1. The Bertz CT molecular complexity index is 1310. The Morgan fingerprint density at radius 3 is 2.21 bits per heavy atom. The van der Waals surface area contributed by atoms with Crippen molar-refractivity contribution in [3.05, 3.63) is 90.1 Å². The molecular formula is C24H16N2O2. The fourth-order valence-electron chi connectivity index (χ4n) is 4.20. The van der Waals surface area contributed by atoms with Crippen molar-refractivity contribution in [3.8, 4) is 17.0 Å². The van der Waals surface area contributed by atoms with Crippen LogP contribution in [0.2, 0.25) is 0 Å². The smallest absolute Gasteiger partial charge is 0.325 e. The average molecular weight is 364 g/mol. The summed E-state index contributed by atoms with van der Waals surface area (Å²) < 4.78 is 5.63. The van der Waals surface area contributed by atoms with Crippen molar-refractivity contribution in [2.75, 3.05) is 0 Å². The first-order valence-corrected chi connectivity index (χ1v) is 9.28. The predicted octanol–water partition coefficient (Wildman–Crippen LogP) is 5.37. The van der Waals surface area contributed by atoms with E-state index in [1.54, 1.807) is 0 Å². The Balaban J connectivity index is 1.57. The number of aromatic amines is 2. The number of fused-ring (bicyclic) bond motifs is 3. The lowest BCUT2D eigenvalue weighted by molar-refractivity contribution is -0.133. The molecule has 0 radical (unpaired) electrons. The minimum Gasteiger partial charge on any atom is -0.425 e. The summed E-state index contributed by atoms with van der Waals surface area (Å²) in [6, 6.07) is 26.2. The van der Waals surface area contributed by atoms with Crippen LogP contribution in [-0.2, 0) is 4.79 Å². The minimum atomic E-state index is -0.468. The summed E-state index contributed by atoms with van der Waals surface area (Å²) in [4.78, 5) is 19.7. The normalized spacial score (nSPS) is 15.9.